The molecular formula is C25H27Cl2N3O2S. The largest absolute Gasteiger partial charge is 0.480 e. The third-order valence-electron chi connectivity index (χ3n) is 8.29. The van der Waals surface area contributed by atoms with Crippen molar-refractivity contribution in [2.24, 2.45) is 23.2 Å². The maximum absolute atomic E-state index is 13.4. The van der Waals surface area contributed by atoms with Crippen molar-refractivity contribution in [2.75, 3.05) is 6.54 Å². The average Bonchev–Trinajstić information content (AvgIpc) is 3.41. The highest BCUT2D eigenvalue weighted by atomic mass is 35.5. The van der Waals surface area contributed by atoms with E-state index in [2.05, 4.69) is 32.2 Å². The Bertz CT molecular complexity index is 1190. The highest BCUT2D eigenvalue weighted by molar-refractivity contribution is 8.03. The monoisotopic (exact) mass is 503 g/mol. The number of ether oxygens (including phenoxy) is 1. The summed E-state index contributed by atoms with van der Waals surface area (Å²) in [5.41, 5.74) is 2.30. The van der Waals surface area contributed by atoms with Crippen LogP contribution in [0.1, 0.15) is 61.5 Å². The first kappa shape index (κ1) is 21.9. The molecule has 2 bridgehead atoms. The van der Waals surface area contributed by atoms with Crippen LogP contribution in [-0.2, 0) is 0 Å². The molecule has 1 aromatic carbocycles. The number of hydrogen-bond donors (Lipinski definition) is 1. The van der Waals surface area contributed by atoms with E-state index in [1.807, 2.05) is 6.07 Å². The van der Waals surface area contributed by atoms with E-state index in [-0.39, 0.29) is 17.3 Å². The van der Waals surface area contributed by atoms with E-state index in [9.17, 15) is 4.79 Å². The van der Waals surface area contributed by atoms with Crippen LogP contribution in [0.3, 0.4) is 0 Å². The fourth-order valence-electron chi connectivity index (χ4n) is 6.35. The molecule has 3 aliphatic carbocycles. The summed E-state index contributed by atoms with van der Waals surface area (Å²) in [6.45, 7) is 7.52. The molecule has 1 N–H and O–H groups in total. The summed E-state index contributed by atoms with van der Waals surface area (Å²) in [6.07, 6.45) is 5.76. The van der Waals surface area contributed by atoms with Gasteiger partial charge < -0.3 is 10.1 Å². The average molecular weight is 504 g/mol. The first-order valence-electron chi connectivity index (χ1n) is 11.6. The van der Waals surface area contributed by atoms with E-state index in [1.165, 1.54) is 24.2 Å². The summed E-state index contributed by atoms with van der Waals surface area (Å²) < 4.78 is 8.03. The quantitative estimate of drug-likeness (QED) is 0.521. The van der Waals surface area contributed by atoms with Crippen LogP contribution in [0.25, 0.3) is 5.69 Å². The lowest BCUT2D eigenvalue weighted by Crippen LogP contribution is -2.54. The SMILES string of the molecule is CC1=CC2Oc3c(C(=O)NCC4CCC5CC4C5(C)C)nn(-c4ccc(Cl)cc4Cl)c3C2S1. The highest BCUT2D eigenvalue weighted by Crippen LogP contribution is 2.61. The van der Waals surface area contributed by atoms with Gasteiger partial charge in [-0.3, -0.25) is 4.79 Å². The van der Waals surface area contributed by atoms with Crippen LogP contribution in [0.4, 0.5) is 0 Å². The Morgan fingerprint density at radius 1 is 1.33 bits per heavy atom. The molecule has 0 saturated heterocycles. The van der Waals surface area contributed by atoms with Gasteiger partial charge in [-0.2, -0.15) is 5.10 Å². The molecule has 2 aromatic rings. The predicted molar refractivity (Wildman–Crippen MR) is 133 cm³/mol. The number of allylic oxidation sites excluding steroid dienone is 1. The van der Waals surface area contributed by atoms with Gasteiger partial charge in [-0.25, -0.2) is 4.68 Å². The fraction of sp³-hybridized carbons (Fsp3) is 0.520. The summed E-state index contributed by atoms with van der Waals surface area (Å²) in [4.78, 5) is 14.6. The molecule has 1 amide bonds. The van der Waals surface area contributed by atoms with Crippen molar-refractivity contribution in [2.45, 2.75) is 51.4 Å². The standard InChI is InChI=1S/C25H27Cl2N3O2S/c1-12-8-19-23(33-12)21-22(32-19)20(29-30(21)18-7-6-15(26)10-17(18)27)24(31)28-11-13-4-5-14-9-16(13)25(14,2)3/h6-8,10,13-14,16,19,23H,4-5,9,11H2,1-3H3,(H,28,31). The molecule has 2 aliphatic heterocycles. The number of nitrogens with one attached hydrogen (secondary N) is 1. The Hall–Kier alpha value is -1.63. The summed E-state index contributed by atoms with van der Waals surface area (Å²) >= 11 is 14.4. The second-order valence-electron chi connectivity index (χ2n) is 10.4. The number of amides is 1. The van der Waals surface area contributed by atoms with Gasteiger partial charge in [0.15, 0.2) is 11.4 Å². The maximum Gasteiger partial charge on any atom is 0.275 e. The third kappa shape index (κ3) is 3.35. The van der Waals surface area contributed by atoms with Gasteiger partial charge in [0.05, 0.1) is 16.0 Å². The number of fused-ring (bicyclic) bond motifs is 5. The summed E-state index contributed by atoms with van der Waals surface area (Å²) in [7, 11) is 0. The maximum atomic E-state index is 13.4. The molecule has 5 atom stereocenters. The minimum Gasteiger partial charge on any atom is -0.480 e. The molecule has 5 nitrogen and oxygen atoms in total. The zero-order valence-electron chi connectivity index (χ0n) is 18.9. The van der Waals surface area contributed by atoms with Crippen molar-refractivity contribution < 1.29 is 9.53 Å². The lowest BCUT2D eigenvalue weighted by molar-refractivity contribution is -0.103. The van der Waals surface area contributed by atoms with Gasteiger partial charge in [0.25, 0.3) is 5.91 Å². The summed E-state index contributed by atoms with van der Waals surface area (Å²) in [5, 5.41) is 8.99. The molecule has 3 fully saturated rings. The van der Waals surface area contributed by atoms with Gasteiger partial charge in [-0.1, -0.05) is 37.0 Å². The normalized spacial score (nSPS) is 30.7. The second-order valence-corrected chi connectivity index (χ2v) is 12.6. The molecule has 5 aliphatic rings. The highest BCUT2D eigenvalue weighted by Gasteiger charge is 2.54. The van der Waals surface area contributed by atoms with E-state index in [0.717, 1.165) is 11.6 Å². The van der Waals surface area contributed by atoms with E-state index < -0.39 is 0 Å². The number of carbonyl (C=O) groups is 1. The predicted octanol–water partition coefficient (Wildman–Crippen LogP) is 6.43. The molecular weight excluding hydrogens is 477 g/mol. The molecule has 5 unspecified atom stereocenters. The molecule has 1 aromatic heterocycles. The van der Waals surface area contributed by atoms with E-state index in [0.29, 0.717) is 51.0 Å². The molecule has 0 radical (unpaired) electrons. The Morgan fingerprint density at radius 2 is 2.15 bits per heavy atom. The summed E-state index contributed by atoms with van der Waals surface area (Å²) in [6, 6.07) is 5.32. The smallest absolute Gasteiger partial charge is 0.275 e. The number of hydrogen-bond acceptors (Lipinski definition) is 4. The van der Waals surface area contributed by atoms with Crippen LogP contribution in [0, 0.1) is 23.2 Å². The van der Waals surface area contributed by atoms with E-state index >= 15 is 0 Å². The van der Waals surface area contributed by atoms with Gasteiger partial charge in [0, 0.05) is 11.6 Å². The molecule has 174 valence electrons. The Morgan fingerprint density at radius 3 is 2.88 bits per heavy atom. The van der Waals surface area contributed by atoms with Gasteiger partial charge in [-0.15, -0.1) is 11.8 Å². The number of carbonyl (C=O) groups excluding carboxylic acids is 1. The lowest BCUT2D eigenvalue weighted by Gasteiger charge is -2.60. The second kappa shape index (κ2) is 7.69. The molecule has 3 heterocycles. The first-order chi connectivity index (χ1) is 15.7. The van der Waals surface area contributed by atoms with Crippen molar-refractivity contribution in [1.29, 1.82) is 0 Å². The number of nitrogens with zero attached hydrogens (tertiary/aromatic N) is 2. The van der Waals surface area contributed by atoms with Crippen LogP contribution in [-0.4, -0.2) is 28.3 Å². The van der Waals surface area contributed by atoms with Crippen LogP contribution in [0.15, 0.2) is 29.2 Å². The number of rotatable bonds is 4. The minimum absolute atomic E-state index is 0.0480. The zero-order valence-corrected chi connectivity index (χ0v) is 21.2. The van der Waals surface area contributed by atoms with Crippen LogP contribution >= 0.6 is 35.0 Å². The van der Waals surface area contributed by atoms with Crippen molar-refractivity contribution in [3.8, 4) is 11.4 Å². The zero-order chi connectivity index (χ0) is 23.1. The van der Waals surface area contributed by atoms with Crippen molar-refractivity contribution in [3.63, 3.8) is 0 Å². The van der Waals surface area contributed by atoms with Crippen LogP contribution in [0.2, 0.25) is 10.0 Å². The van der Waals surface area contributed by atoms with Crippen LogP contribution in [0.5, 0.6) is 5.75 Å². The molecule has 33 heavy (non-hydrogen) atoms. The number of halogens is 2. The number of benzene rings is 1. The van der Waals surface area contributed by atoms with Crippen molar-refractivity contribution in [3.05, 3.63) is 50.6 Å². The first-order valence-corrected chi connectivity index (χ1v) is 13.3. The molecule has 8 heteroatoms. The molecule has 3 saturated carbocycles. The fourth-order valence-corrected chi connectivity index (χ4v) is 8.04. The van der Waals surface area contributed by atoms with Gasteiger partial charge in [-0.05, 0) is 78.5 Å². The lowest BCUT2D eigenvalue weighted by atomic mass is 9.45. The molecule has 0 spiro atoms. The van der Waals surface area contributed by atoms with Crippen molar-refractivity contribution in [1.82, 2.24) is 15.1 Å². The number of thioether (sulfide) groups is 1. The Balaban J connectivity index is 1.30. The number of aromatic nitrogens is 2. The van der Waals surface area contributed by atoms with Gasteiger partial charge in [0.2, 0.25) is 0 Å². The minimum atomic E-state index is -0.181. The van der Waals surface area contributed by atoms with E-state index in [4.69, 9.17) is 33.0 Å². The molecule has 7 rings (SSSR count). The van der Waals surface area contributed by atoms with Crippen molar-refractivity contribution >= 4 is 40.9 Å². The Labute approximate surface area is 208 Å². The van der Waals surface area contributed by atoms with E-state index in [1.54, 1.807) is 28.6 Å². The van der Waals surface area contributed by atoms with Gasteiger partial charge >= 0.3 is 0 Å². The third-order valence-corrected chi connectivity index (χ3v) is 10.1. The summed E-state index contributed by atoms with van der Waals surface area (Å²) in [5.74, 6) is 2.45. The van der Waals surface area contributed by atoms with Gasteiger partial charge in [0.1, 0.15) is 11.8 Å². The Kier molecular flexibility index (Phi) is 5.10. The van der Waals surface area contributed by atoms with Crippen LogP contribution < -0.4 is 10.1 Å². The topological polar surface area (TPSA) is 56.1 Å².